The summed E-state index contributed by atoms with van der Waals surface area (Å²) in [5, 5.41) is 0. The van der Waals surface area contributed by atoms with Gasteiger partial charge >= 0.3 is 97.6 Å². The van der Waals surface area contributed by atoms with Crippen molar-refractivity contribution in [2.75, 3.05) is 0 Å². The Morgan fingerprint density at radius 3 is 1.33 bits per heavy atom. The zero-order valence-electron chi connectivity index (χ0n) is 10.2. The van der Waals surface area contributed by atoms with Crippen molar-refractivity contribution in [3.05, 3.63) is 59.7 Å². The molecule has 15 heavy (non-hydrogen) atoms. The average molecular weight is 210 g/mol. The van der Waals surface area contributed by atoms with Crippen LogP contribution >= 0.6 is 0 Å². The SMILES string of the molecule is Cc1cc[c]([Al+][c]2ccc(C)cc2)cc1.[H-]. The van der Waals surface area contributed by atoms with E-state index < -0.39 is 0 Å². The molecule has 0 aliphatic heterocycles. The molecule has 1 heteroatoms. The molecule has 0 radical (unpaired) electrons. The van der Waals surface area contributed by atoms with Crippen LogP contribution in [0.4, 0.5) is 0 Å². The summed E-state index contributed by atoms with van der Waals surface area (Å²) >= 11 is 0.252. The van der Waals surface area contributed by atoms with Crippen molar-refractivity contribution < 1.29 is 1.43 Å². The van der Waals surface area contributed by atoms with E-state index in [4.69, 9.17) is 0 Å². The van der Waals surface area contributed by atoms with Crippen LogP contribution in [0.1, 0.15) is 12.6 Å². The number of rotatable bonds is 2. The van der Waals surface area contributed by atoms with Crippen LogP contribution in [0, 0.1) is 13.8 Å². The first-order valence-corrected chi connectivity index (χ1v) is 6.37. The molecule has 74 valence electrons. The van der Waals surface area contributed by atoms with Gasteiger partial charge in [0.05, 0.1) is 0 Å². The summed E-state index contributed by atoms with van der Waals surface area (Å²) < 4.78 is 2.92. The maximum atomic E-state index is 2.24. The predicted octanol–water partition coefficient (Wildman–Crippen LogP) is 2.07. The fourth-order valence-corrected chi connectivity index (χ4v) is 2.67. The molecule has 0 aliphatic rings. The van der Waals surface area contributed by atoms with Gasteiger partial charge in [-0.1, -0.05) is 0 Å². The van der Waals surface area contributed by atoms with Crippen molar-refractivity contribution >= 4 is 24.1 Å². The Hall–Kier alpha value is -1.03. The van der Waals surface area contributed by atoms with Crippen LogP contribution in [-0.4, -0.2) is 15.2 Å². The van der Waals surface area contributed by atoms with E-state index in [0.29, 0.717) is 0 Å². The summed E-state index contributed by atoms with van der Waals surface area (Å²) in [5.41, 5.74) is 2.67. The van der Waals surface area contributed by atoms with Crippen LogP contribution < -0.4 is 8.85 Å². The van der Waals surface area contributed by atoms with Crippen molar-refractivity contribution in [1.82, 2.24) is 0 Å². The van der Waals surface area contributed by atoms with E-state index >= 15 is 0 Å². The molecule has 0 heterocycles. The number of aryl methyl sites for hydroxylation is 2. The minimum absolute atomic E-state index is 0. The van der Waals surface area contributed by atoms with Crippen LogP contribution in [0.5, 0.6) is 0 Å². The average Bonchev–Trinajstić information content (AvgIpc) is 2.25. The van der Waals surface area contributed by atoms with Gasteiger partial charge in [0.2, 0.25) is 0 Å². The second-order valence-corrected chi connectivity index (χ2v) is 5.59. The second-order valence-electron chi connectivity index (χ2n) is 3.97. The largest absolute Gasteiger partial charge is 1.00 e. The molecule has 0 atom stereocenters. The molecular formula is C14H15Al. The summed E-state index contributed by atoms with van der Waals surface area (Å²) in [4.78, 5) is 0. The maximum Gasteiger partial charge on any atom is -1.00 e. The van der Waals surface area contributed by atoms with Crippen LogP contribution in [0.25, 0.3) is 0 Å². The topological polar surface area (TPSA) is 0 Å². The summed E-state index contributed by atoms with van der Waals surface area (Å²) in [6.45, 7) is 4.26. The van der Waals surface area contributed by atoms with Gasteiger partial charge in [0.25, 0.3) is 0 Å². The molecule has 0 saturated carbocycles. The van der Waals surface area contributed by atoms with E-state index in [1.165, 1.54) is 20.0 Å². The molecule has 0 aromatic heterocycles. The Labute approximate surface area is 99.2 Å². The molecule has 0 spiro atoms. The third-order valence-corrected chi connectivity index (χ3v) is 3.92. The third kappa shape index (κ3) is 2.96. The molecule has 0 aliphatic carbocycles. The quantitative estimate of drug-likeness (QED) is 0.666. The summed E-state index contributed by atoms with van der Waals surface area (Å²) in [5.74, 6) is 0. The van der Waals surface area contributed by atoms with Gasteiger partial charge in [-0.2, -0.15) is 0 Å². The Bertz CT molecular complexity index is 388. The van der Waals surface area contributed by atoms with Crippen molar-refractivity contribution in [3.8, 4) is 0 Å². The Morgan fingerprint density at radius 2 is 1.00 bits per heavy atom. The fraction of sp³-hybridized carbons (Fsp3) is 0.143. The second kappa shape index (κ2) is 4.66. The van der Waals surface area contributed by atoms with Gasteiger partial charge in [-0.3, -0.25) is 0 Å². The maximum absolute atomic E-state index is 2.24. The monoisotopic (exact) mass is 210 g/mol. The van der Waals surface area contributed by atoms with E-state index in [1.807, 2.05) is 0 Å². The molecular weight excluding hydrogens is 195 g/mol. The molecule has 0 nitrogen and oxygen atoms in total. The molecule has 2 rings (SSSR count). The molecule has 0 bridgehead atoms. The first-order chi connectivity index (χ1) is 7.24. The van der Waals surface area contributed by atoms with Crippen LogP contribution in [0.15, 0.2) is 48.5 Å². The molecule has 0 amide bonds. The van der Waals surface area contributed by atoms with Crippen LogP contribution in [0.3, 0.4) is 0 Å². The number of hydrogen-bond acceptors (Lipinski definition) is 0. The van der Waals surface area contributed by atoms with Gasteiger partial charge in [-0.25, -0.2) is 0 Å². The van der Waals surface area contributed by atoms with E-state index in [-0.39, 0.29) is 16.6 Å². The molecule has 0 unspecified atom stereocenters. The predicted molar refractivity (Wildman–Crippen MR) is 68.5 cm³/mol. The number of benzene rings is 2. The summed E-state index contributed by atoms with van der Waals surface area (Å²) in [6, 6.07) is 17.7. The van der Waals surface area contributed by atoms with E-state index in [2.05, 4.69) is 62.4 Å². The van der Waals surface area contributed by atoms with Gasteiger partial charge < -0.3 is 1.43 Å². The van der Waals surface area contributed by atoms with Gasteiger partial charge in [-0.15, -0.1) is 0 Å². The fourth-order valence-electron chi connectivity index (χ4n) is 1.52. The number of hydrogen-bond donors (Lipinski definition) is 0. The van der Waals surface area contributed by atoms with Gasteiger partial charge in [0.15, 0.2) is 0 Å². The van der Waals surface area contributed by atoms with Crippen molar-refractivity contribution in [2.45, 2.75) is 13.8 Å². The molecule has 0 saturated heterocycles. The molecule has 0 N–H and O–H groups in total. The van der Waals surface area contributed by atoms with E-state index in [1.54, 1.807) is 0 Å². The van der Waals surface area contributed by atoms with E-state index in [9.17, 15) is 0 Å². The van der Waals surface area contributed by atoms with Crippen LogP contribution in [-0.2, 0) is 0 Å². The Balaban J connectivity index is 0.00000128. The smallest absolute Gasteiger partial charge is 1.00 e. The van der Waals surface area contributed by atoms with E-state index in [0.717, 1.165) is 0 Å². The summed E-state index contributed by atoms with van der Waals surface area (Å²) in [7, 11) is 0. The van der Waals surface area contributed by atoms with Crippen LogP contribution in [0.2, 0.25) is 0 Å². The minimum Gasteiger partial charge on any atom is -1.00 e. The third-order valence-electron chi connectivity index (χ3n) is 2.49. The Morgan fingerprint density at radius 1 is 0.667 bits per heavy atom. The first-order valence-electron chi connectivity index (χ1n) is 5.22. The van der Waals surface area contributed by atoms with Gasteiger partial charge in [0.1, 0.15) is 0 Å². The van der Waals surface area contributed by atoms with Crippen molar-refractivity contribution in [3.63, 3.8) is 0 Å². The molecule has 0 fully saturated rings. The zero-order chi connectivity index (χ0) is 10.7. The Kier molecular flexibility index (Phi) is 3.26. The minimum atomic E-state index is 0. The zero-order valence-corrected chi connectivity index (χ0v) is 10.4. The first kappa shape index (κ1) is 10.5. The molecule has 2 aromatic rings. The standard InChI is InChI=1S/2C7H7.Al.H/c2*1-7-5-3-2-4-6-7;;/h2*3-6H,1H3;;/q;;+1;-1. The van der Waals surface area contributed by atoms with Crippen molar-refractivity contribution in [1.29, 1.82) is 0 Å². The van der Waals surface area contributed by atoms with Gasteiger partial charge in [-0.05, 0) is 0 Å². The molecule has 2 aromatic carbocycles. The van der Waals surface area contributed by atoms with Crippen molar-refractivity contribution in [2.24, 2.45) is 0 Å². The van der Waals surface area contributed by atoms with Gasteiger partial charge in [0, 0.05) is 0 Å². The normalized spacial score (nSPS) is 9.73. The summed E-state index contributed by atoms with van der Waals surface area (Å²) in [6.07, 6.45) is 0.